The Labute approximate surface area is 173 Å². The van der Waals surface area contributed by atoms with Crippen molar-refractivity contribution in [2.75, 3.05) is 51.7 Å². The second-order valence-electron chi connectivity index (χ2n) is 8.70. The van der Waals surface area contributed by atoms with Gasteiger partial charge in [-0.15, -0.1) is 0 Å². The van der Waals surface area contributed by atoms with E-state index < -0.39 is 5.41 Å². The first-order valence-corrected chi connectivity index (χ1v) is 11.0. The van der Waals surface area contributed by atoms with Gasteiger partial charge < -0.3 is 15.2 Å². The number of fused-ring (bicyclic) bond motifs is 1. The smallest absolute Gasteiger partial charge is 0.313 e. The van der Waals surface area contributed by atoms with E-state index in [4.69, 9.17) is 15.2 Å². The lowest BCUT2D eigenvalue weighted by molar-refractivity contribution is -0.170. The van der Waals surface area contributed by atoms with Crippen molar-refractivity contribution in [2.45, 2.75) is 45.2 Å². The van der Waals surface area contributed by atoms with E-state index in [1.54, 1.807) is 6.20 Å². The molecule has 1 aliphatic carbocycles. The zero-order valence-corrected chi connectivity index (χ0v) is 17.5. The van der Waals surface area contributed by atoms with Crippen LogP contribution in [0.1, 0.15) is 38.2 Å². The maximum absolute atomic E-state index is 13.2. The maximum Gasteiger partial charge on any atom is 0.313 e. The molecule has 1 aromatic rings. The lowest BCUT2D eigenvalue weighted by atomic mass is 9.61. The summed E-state index contributed by atoms with van der Waals surface area (Å²) < 4.78 is 11.1. The number of carbonyl (C=O) groups is 1. The van der Waals surface area contributed by atoms with Crippen molar-refractivity contribution in [1.29, 1.82) is 0 Å². The fraction of sp³-hybridized carbons (Fsp3) is 0.727. The number of likely N-dealkylation sites (tertiary alicyclic amines) is 1. The van der Waals surface area contributed by atoms with E-state index in [-0.39, 0.29) is 5.97 Å². The van der Waals surface area contributed by atoms with E-state index in [9.17, 15) is 4.79 Å². The van der Waals surface area contributed by atoms with Crippen LogP contribution in [0.15, 0.2) is 18.3 Å². The van der Waals surface area contributed by atoms with Crippen LogP contribution < -0.4 is 5.73 Å². The number of nitrogens with two attached hydrogens (primary N) is 1. The van der Waals surface area contributed by atoms with Gasteiger partial charge in [-0.25, -0.2) is 4.98 Å². The van der Waals surface area contributed by atoms with Crippen LogP contribution in [-0.2, 0) is 20.8 Å². The summed E-state index contributed by atoms with van der Waals surface area (Å²) in [5.41, 5.74) is 6.71. The molecule has 0 bridgehead atoms. The number of rotatable bonds is 5. The van der Waals surface area contributed by atoms with Gasteiger partial charge in [0.2, 0.25) is 0 Å². The molecule has 160 valence electrons. The number of hydrogen-bond acceptors (Lipinski definition) is 7. The van der Waals surface area contributed by atoms with Crippen molar-refractivity contribution in [1.82, 2.24) is 14.8 Å². The highest BCUT2D eigenvalue weighted by Gasteiger charge is 2.53. The van der Waals surface area contributed by atoms with Gasteiger partial charge in [0.15, 0.2) is 0 Å². The summed E-state index contributed by atoms with van der Waals surface area (Å²) in [4.78, 5) is 22.3. The van der Waals surface area contributed by atoms with Crippen LogP contribution in [0.25, 0.3) is 0 Å². The van der Waals surface area contributed by atoms with Crippen molar-refractivity contribution in [3.05, 3.63) is 23.9 Å². The fourth-order valence-corrected chi connectivity index (χ4v) is 5.56. The maximum atomic E-state index is 13.2. The number of anilines is 1. The minimum atomic E-state index is -0.395. The van der Waals surface area contributed by atoms with E-state index in [0.717, 1.165) is 77.2 Å². The third kappa shape index (κ3) is 4.27. The molecule has 3 heterocycles. The number of pyridine rings is 1. The molecule has 4 rings (SSSR count). The number of nitrogens with zero attached hydrogens (tertiary/aromatic N) is 3. The number of carbonyl (C=O) groups excluding carboxylic acids is 1. The average Bonchev–Trinajstić information content (AvgIpc) is 2.75. The zero-order valence-electron chi connectivity index (χ0n) is 17.5. The van der Waals surface area contributed by atoms with E-state index in [2.05, 4.69) is 14.8 Å². The molecule has 1 saturated carbocycles. The first kappa shape index (κ1) is 20.6. The number of ether oxygens (including phenoxy) is 2. The van der Waals surface area contributed by atoms with Crippen molar-refractivity contribution >= 4 is 11.8 Å². The van der Waals surface area contributed by atoms with E-state index in [1.807, 2.05) is 19.1 Å². The molecule has 3 aliphatic rings. The molecule has 0 radical (unpaired) electrons. The Hall–Kier alpha value is -1.70. The molecule has 0 aromatic carbocycles. The van der Waals surface area contributed by atoms with Gasteiger partial charge in [0.1, 0.15) is 5.82 Å². The first-order valence-electron chi connectivity index (χ1n) is 11.0. The minimum Gasteiger partial charge on any atom is -0.466 e. The molecule has 2 aliphatic heterocycles. The molecule has 2 N–H and O–H groups in total. The molecule has 0 spiro atoms. The molecular formula is C22H34N4O3. The van der Waals surface area contributed by atoms with Crippen LogP contribution >= 0.6 is 0 Å². The summed E-state index contributed by atoms with van der Waals surface area (Å²) >= 11 is 0. The second kappa shape index (κ2) is 8.98. The van der Waals surface area contributed by atoms with Crippen LogP contribution in [0.5, 0.6) is 0 Å². The number of piperidine rings is 1. The van der Waals surface area contributed by atoms with E-state index in [1.165, 1.54) is 0 Å². The number of hydrogen-bond donors (Lipinski definition) is 1. The average molecular weight is 403 g/mol. The fourth-order valence-electron chi connectivity index (χ4n) is 5.56. The van der Waals surface area contributed by atoms with Gasteiger partial charge in [0.05, 0.1) is 25.2 Å². The molecule has 7 heteroatoms. The standard InChI is InChI=1S/C22H34N4O3/c1-2-29-21(27)22-7-5-19(26-10-12-28-13-11-26)14-18(22)6-9-25(16-22)15-17-4-3-8-24-20(17)23/h3-4,8,18-19H,2,5-7,9-16H2,1H3,(H2,23,24)/t18-,19-,22-/m1/s1. The Morgan fingerprint density at radius 2 is 2.17 bits per heavy atom. The number of nitrogen functional groups attached to an aromatic ring is 1. The van der Waals surface area contributed by atoms with Gasteiger partial charge in [0, 0.05) is 44.0 Å². The van der Waals surface area contributed by atoms with Crippen LogP contribution in [-0.4, -0.2) is 72.8 Å². The Morgan fingerprint density at radius 1 is 1.34 bits per heavy atom. The Bertz CT molecular complexity index is 709. The highest BCUT2D eigenvalue weighted by molar-refractivity contribution is 5.78. The number of morpholine rings is 1. The molecule has 0 amide bonds. The topological polar surface area (TPSA) is 80.9 Å². The summed E-state index contributed by atoms with van der Waals surface area (Å²) in [5.74, 6) is 0.954. The predicted octanol–water partition coefficient (Wildman–Crippen LogP) is 1.92. The van der Waals surface area contributed by atoms with Crippen LogP contribution in [0.3, 0.4) is 0 Å². The largest absolute Gasteiger partial charge is 0.466 e. The number of esters is 1. The van der Waals surface area contributed by atoms with Crippen molar-refractivity contribution in [2.24, 2.45) is 11.3 Å². The highest BCUT2D eigenvalue weighted by atomic mass is 16.5. The van der Waals surface area contributed by atoms with Crippen molar-refractivity contribution in [3.8, 4) is 0 Å². The monoisotopic (exact) mass is 402 g/mol. The van der Waals surface area contributed by atoms with Crippen LogP contribution in [0.4, 0.5) is 5.82 Å². The molecule has 7 nitrogen and oxygen atoms in total. The lowest BCUT2D eigenvalue weighted by Crippen LogP contribution is -2.58. The van der Waals surface area contributed by atoms with Crippen LogP contribution in [0, 0.1) is 11.3 Å². The Morgan fingerprint density at radius 3 is 2.93 bits per heavy atom. The summed E-state index contributed by atoms with van der Waals surface area (Å²) in [6.07, 6.45) is 5.79. The SMILES string of the molecule is CCOC(=O)[C@@]12CC[C@@H](N3CCOCC3)C[C@H]1CCN(Cc1cccnc1N)C2. The van der Waals surface area contributed by atoms with Gasteiger partial charge >= 0.3 is 5.97 Å². The van der Waals surface area contributed by atoms with Crippen molar-refractivity contribution in [3.63, 3.8) is 0 Å². The van der Waals surface area contributed by atoms with Gasteiger partial charge in [-0.1, -0.05) is 6.07 Å². The molecule has 29 heavy (non-hydrogen) atoms. The van der Waals surface area contributed by atoms with E-state index >= 15 is 0 Å². The Kier molecular flexibility index (Phi) is 6.37. The second-order valence-corrected chi connectivity index (χ2v) is 8.70. The molecule has 3 fully saturated rings. The highest BCUT2D eigenvalue weighted by Crippen LogP contribution is 2.48. The molecule has 0 unspecified atom stereocenters. The molecule has 1 aromatic heterocycles. The molecular weight excluding hydrogens is 368 g/mol. The third-order valence-electron chi connectivity index (χ3n) is 7.13. The van der Waals surface area contributed by atoms with Crippen LogP contribution in [0.2, 0.25) is 0 Å². The molecule has 3 atom stereocenters. The number of aromatic nitrogens is 1. The zero-order chi connectivity index (χ0) is 20.3. The third-order valence-corrected chi connectivity index (χ3v) is 7.13. The quantitative estimate of drug-likeness (QED) is 0.754. The summed E-state index contributed by atoms with van der Waals surface area (Å²) in [5, 5.41) is 0. The summed E-state index contributed by atoms with van der Waals surface area (Å²) in [7, 11) is 0. The molecule has 2 saturated heterocycles. The summed E-state index contributed by atoms with van der Waals surface area (Å²) in [6, 6.07) is 4.51. The minimum absolute atomic E-state index is 0.00529. The van der Waals surface area contributed by atoms with Crippen molar-refractivity contribution < 1.29 is 14.3 Å². The van der Waals surface area contributed by atoms with Gasteiger partial charge in [-0.2, -0.15) is 0 Å². The van der Waals surface area contributed by atoms with Gasteiger partial charge in [-0.3, -0.25) is 14.6 Å². The van der Waals surface area contributed by atoms with Gasteiger partial charge in [-0.05, 0) is 51.1 Å². The normalized spacial score (nSPS) is 31.2. The first-order chi connectivity index (χ1) is 14.1. The lowest BCUT2D eigenvalue weighted by Gasteiger charge is -2.52. The summed E-state index contributed by atoms with van der Waals surface area (Å²) in [6.45, 7) is 8.48. The Balaban J connectivity index is 1.49. The van der Waals surface area contributed by atoms with E-state index in [0.29, 0.717) is 24.4 Å². The predicted molar refractivity (Wildman–Crippen MR) is 111 cm³/mol. The van der Waals surface area contributed by atoms with Gasteiger partial charge in [0.25, 0.3) is 0 Å².